The standard InChI is InChI=1S/C13H12O3/c1-15-12(14)13-9-5-3-2-4-7(9)11(16-13)8-6-10(8)13/h2-5,8,10-11H,6H2,1H3. The van der Waals surface area contributed by atoms with E-state index in [1.807, 2.05) is 18.2 Å². The van der Waals surface area contributed by atoms with Crippen molar-refractivity contribution in [3.05, 3.63) is 35.4 Å². The van der Waals surface area contributed by atoms with Gasteiger partial charge in [0.25, 0.3) is 0 Å². The summed E-state index contributed by atoms with van der Waals surface area (Å²) in [5, 5.41) is 0. The Morgan fingerprint density at radius 3 is 3.12 bits per heavy atom. The van der Waals surface area contributed by atoms with E-state index in [9.17, 15) is 4.79 Å². The first kappa shape index (κ1) is 8.76. The zero-order valence-corrected chi connectivity index (χ0v) is 8.97. The van der Waals surface area contributed by atoms with E-state index in [2.05, 4.69) is 6.07 Å². The molecule has 3 nitrogen and oxygen atoms in total. The molecule has 1 saturated heterocycles. The van der Waals surface area contributed by atoms with Gasteiger partial charge in [-0.25, -0.2) is 4.79 Å². The molecule has 3 aliphatic rings. The molecule has 82 valence electrons. The van der Waals surface area contributed by atoms with Crippen LogP contribution in [0.15, 0.2) is 24.3 Å². The third-order valence-corrected chi connectivity index (χ3v) is 4.22. The van der Waals surface area contributed by atoms with Gasteiger partial charge in [-0.3, -0.25) is 0 Å². The highest BCUT2D eigenvalue weighted by Gasteiger charge is 2.73. The van der Waals surface area contributed by atoms with E-state index < -0.39 is 5.60 Å². The molecule has 2 heterocycles. The monoisotopic (exact) mass is 216 g/mol. The van der Waals surface area contributed by atoms with Crippen molar-refractivity contribution in [3.8, 4) is 0 Å². The third kappa shape index (κ3) is 0.725. The number of fused-ring (bicyclic) bond motifs is 8. The van der Waals surface area contributed by atoms with Crippen LogP contribution < -0.4 is 0 Å². The van der Waals surface area contributed by atoms with Gasteiger partial charge in [-0.1, -0.05) is 24.3 Å². The number of hydrogen-bond donors (Lipinski definition) is 0. The topological polar surface area (TPSA) is 35.5 Å². The third-order valence-electron chi connectivity index (χ3n) is 4.22. The molecule has 1 aromatic carbocycles. The fourth-order valence-electron chi connectivity index (χ4n) is 3.49. The molecule has 16 heavy (non-hydrogen) atoms. The van der Waals surface area contributed by atoms with Gasteiger partial charge in [-0.15, -0.1) is 0 Å². The number of carbonyl (C=O) groups excluding carboxylic acids is 1. The minimum absolute atomic E-state index is 0.125. The van der Waals surface area contributed by atoms with Crippen molar-refractivity contribution in [2.24, 2.45) is 11.8 Å². The van der Waals surface area contributed by atoms with Gasteiger partial charge in [-0.2, -0.15) is 0 Å². The second kappa shape index (κ2) is 2.48. The van der Waals surface area contributed by atoms with Gasteiger partial charge >= 0.3 is 5.97 Å². The Labute approximate surface area is 93.4 Å². The molecular formula is C13H12O3. The van der Waals surface area contributed by atoms with Crippen LogP contribution in [-0.4, -0.2) is 13.1 Å². The van der Waals surface area contributed by atoms with Crippen LogP contribution in [0.3, 0.4) is 0 Å². The highest BCUT2D eigenvalue weighted by atomic mass is 16.6. The summed E-state index contributed by atoms with van der Waals surface area (Å²) < 4.78 is 10.9. The maximum atomic E-state index is 12.0. The first-order chi connectivity index (χ1) is 7.79. The molecule has 4 unspecified atom stereocenters. The molecular weight excluding hydrogens is 204 g/mol. The fourth-order valence-corrected chi connectivity index (χ4v) is 3.49. The van der Waals surface area contributed by atoms with E-state index in [1.54, 1.807) is 0 Å². The van der Waals surface area contributed by atoms with Gasteiger partial charge < -0.3 is 9.47 Å². The Morgan fingerprint density at radius 1 is 1.50 bits per heavy atom. The molecule has 0 amide bonds. The normalized spacial score (nSPS) is 41.4. The lowest BCUT2D eigenvalue weighted by molar-refractivity contribution is -0.171. The minimum atomic E-state index is -0.777. The summed E-state index contributed by atoms with van der Waals surface area (Å²) in [6, 6.07) is 8.04. The van der Waals surface area contributed by atoms with Crippen LogP contribution >= 0.6 is 0 Å². The van der Waals surface area contributed by atoms with Crippen molar-refractivity contribution in [2.45, 2.75) is 18.1 Å². The predicted molar refractivity (Wildman–Crippen MR) is 55.6 cm³/mol. The lowest BCUT2D eigenvalue weighted by Gasteiger charge is -2.24. The smallest absolute Gasteiger partial charge is 0.343 e. The summed E-state index contributed by atoms with van der Waals surface area (Å²) in [7, 11) is 1.44. The van der Waals surface area contributed by atoms with Crippen molar-refractivity contribution in [1.29, 1.82) is 0 Å². The summed E-state index contributed by atoms with van der Waals surface area (Å²) >= 11 is 0. The Hall–Kier alpha value is -1.35. The van der Waals surface area contributed by atoms with Crippen LogP contribution in [0, 0.1) is 11.8 Å². The van der Waals surface area contributed by atoms with Gasteiger partial charge in [0.05, 0.1) is 13.2 Å². The number of hydrogen-bond acceptors (Lipinski definition) is 3. The summed E-state index contributed by atoms with van der Waals surface area (Å²) in [5.74, 6) is 0.654. The van der Waals surface area contributed by atoms with Crippen molar-refractivity contribution < 1.29 is 14.3 Å². The number of esters is 1. The Balaban J connectivity index is 1.97. The molecule has 2 aliphatic heterocycles. The molecule has 4 rings (SSSR count). The summed E-state index contributed by atoms with van der Waals surface area (Å²) in [5.41, 5.74) is 1.44. The van der Waals surface area contributed by atoms with Crippen LogP contribution in [-0.2, 0) is 19.9 Å². The maximum absolute atomic E-state index is 12.0. The molecule has 0 spiro atoms. The lowest BCUT2D eigenvalue weighted by atomic mass is 9.82. The van der Waals surface area contributed by atoms with Crippen molar-refractivity contribution in [2.75, 3.05) is 7.11 Å². The zero-order chi connectivity index (χ0) is 10.9. The number of benzene rings is 1. The first-order valence-corrected chi connectivity index (χ1v) is 5.64. The molecule has 0 aromatic heterocycles. The van der Waals surface area contributed by atoms with Gasteiger partial charge in [-0.05, 0) is 17.9 Å². The number of ether oxygens (including phenoxy) is 2. The van der Waals surface area contributed by atoms with Crippen molar-refractivity contribution in [1.82, 2.24) is 0 Å². The second-order valence-corrected chi connectivity index (χ2v) is 4.86. The molecule has 4 atom stereocenters. The molecule has 2 fully saturated rings. The quantitative estimate of drug-likeness (QED) is 0.671. The molecule has 0 N–H and O–H groups in total. The van der Waals surface area contributed by atoms with E-state index in [1.165, 1.54) is 12.7 Å². The summed E-state index contributed by atoms with van der Waals surface area (Å²) in [6.45, 7) is 0. The van der Waals surface area contributed by atoms with E-state index in [0.29, 0.717) is 11.8 Å². The van der Waals surface area contributed by atoms with Crippen molar-refractivity contribution >= 4 is 5.97 Å². The highest BCUT2D eigenvalue weighted by Crippen LogP contribution is 2.72. The van der Waals surface area contributed by atoms with Crippen LogP contribution in [0.1, 0.15) is 23.7 Å². The first-order valence-electron chi connectivity index (χ1n) is 5.64. The van der Waals surface area contributed by atoms with E-state index in [4.69, 9.17) is 9.47 Å². The Kier molecular flexibility index (Phi) is 1.36. The van der Waals surface area contributed by atoms with Gasteiger partial charge in [0, 0.05) is 11.5 Å². The maximum Gasteiger partial charge on any atom is 0.343 e. The largest absolute Gasteiger partial charge is 0.467 e. The SMILES string of the molecule is COC(=O)C12OC(c3ccccc31)C1CC12. The van der Waals surface area contributed by atoms with Crippen LogP contribution in [0.2, 0.25) is 0 Å². The van der Waals surface area contributed by atoms with E-state index in [0.717, 1.165) is 12.0 Å². The van der Waals surface area contributed by atoms with E-state index >= 15 is 0 Å². The molecule has 0 radical (unpaired) electrons. The molecule has 1 aliphatic carbocycles. The second-order valence-electron chi connectivity index (χ2n) is 4.86. The average Bonchev–Trinajstić information content (AvgIpc) is 2.99. The summed E-state index contributed by atoms with van der Waals surface area (Å²) in [6.07, 6.45) is 1.22. The van der Waals surface area contributed by atoms with Crippen LogP contribution in [0.4, 0.5) is 0 Å². The van der Waals surface area contributed by atoms with Gasteiger partial charge in [0.15, 0.2) is 5.60 Å². The van der Waals surface area contributed by atoms with Crippen molar-refractivity contribution in [3.63, 3.8) is 0 Å². The molecule has 3 heteroatoms. The van der Waals surface area contributed by atoms with Crippen LogP contribution in [0.5, 0.6) is 0 Å². The molecule has 2 bridgehead atoms. The number of rotatable bonds is 1. The van der Waals surface area contributed by atoms with Gasteiger partial charge in [0.2, 0.25) is 0 Å². The minimum Gasteiger partial charge on any atom is -0.467 e. The predicted octanol–water partition coefficient (Wildman–Crippen LogP) is 1.78. The van der Waals surface area contributed by atoms with Crippen LogP contribution in [0.25, 0.3) is 0 Å². The fraction of sp³-hybridized carbons (Fsp3) is 0.462. The number of methoxy groups -OCH3 is 1. The van der Waals surface area contributed by atoms with Gasteiger partial charge in [0.1, 0.15) is 0 Å². The lowest BCUT2D eigenvalue weighted by Crippen LogP contribution is -2.37. The molecule has 1 saturated carbocycles. The summed E-state index contributed by atoms with van der Waals surface area (Å²) in [4.78, 5) is 12.0. The average molecular weight is 216 g/mol. The Bertz CT molecular complexity index is 496. The molecule has 1 aromatic rings. The Morgan fingerprint density at radius 2 is 2.31 bits per heavy atom. The zero-order valence-electron chi connectivity index (χ0n) is 8.97. The number of carbonyl (C=O) groups is 1. The van der Waals surface area contributed by atoms with E-state index in [-0.39, 0.29) is 12.1 Å². The highest BCUT2D eigenvalue weighted by molar-refractivity contribution is 5.85.